The van der Waals surface area contributed by atoms with Crippen LogP contribution in [0.3, 0.4) is 0 Å². The van der Waals surface area contributed by atoms with Crippen LogP contribution in [0.4, 0.5) is 16.2 Å². The van der Waals surface area contributed by atoms with Gasteiger partial charge in [0.1, 0.15) is 6.10 Å². The molecule has 1 fully saturated rings. The molecule has 37 heavy (non-hydrogen) atoms. The SMILES string of the molecule is CN(C(=O)CCN1CCC(OC(=O)Nc2ccccc2-c2ccccc2)CC1)c1cccc(C(=O)Cl)c1. The van der Waals surface area contributed by atoms with Gasteiger partial charge >= 0.3 is 6.09 Å². The Kier molecular flexibility index (Phi) is 8.93. The zero-order valence-corrected chi connectivity index (χ0v) is 21.5. The predicted octanol–water partition coefficient (Wildman–Crippen LogP) is 5.80. The van der Waals surface area contributed by atoms with E-state index in [9.17, 15) is 14.4 Å². The van der Waals surface area contributed by atoms with Gasteiger partial charge in [-0.3, -0.25) is 14.9 Å². The first-order chi connectivity index (χ1) is 17.9. The number of ether oxygens (including phenoxy) is 1. The van der Waals surface area contributed by atoms with E-state index in [1.54, 1.807) is 31.3 Å². The van der Waals surface area contributed by atoms with E-state index in [1.165, 1.54) is 4.90 Å². The quantitative estimate of drug-likeness (QED) is 0.380. The largest absolute Gasteiger partial charge is 0.446 e. The number of benzene rings is 3. The Morgan fingerprint density at radius 2 is 1.68 bits per heavy atom. The highest BCUT2D eigenvalue weighted by molar-refractivity contribution is 6.67. The van der Waals surface area contributed by atoms with Gasteiger partial charge in [-0.25, -0.2) is 4.79 Å². The minimum Gasteiger partial charge on any atom is -0.446 e. The summed E-state index contributed by atoms with van der Waals surface area (Å²) in [6.45, 7) is 2.10. The molecule has 0 spiro atoms. The fraction of sp³-hybridized carbons (Fsp3) is 0.276. The third kappa shape index (κ3) is 7.18. The Balaban J connectivity index is 1.22. The number of carbonyl (C=O) groups excluding carboxylic acids is 3. The van der Waals surface area contributed by atoms with E-state index in [2.05, 4.69) is 10.2 Å². The van der Waals surface area contributed by atoms with Crippen LogP contribution in [0.25, 0.3) is 11.1 Å². The third-order valence-corrected chi connectivity index (χ3v) is 6.75. The lowest BCUT2D eigenvalue weighted by atomic mass is 10.0. The molecule has 0 bridgehead atoms. The summed E-state index contributed by atoms with van der Waals surface area (Å²) >= 11 is 5.55. The highest BCUT2D eigenvalue weighted by atomic mass is 35.5. The molecule has 0 aliphatic carbocycles. The first kappa shape index (κ1) is 26.4. The van der Waals surface area contributed by atoms with E-state index in [0.717, 1.165) is 24.2 Å². The van der Waals surface area contributed by atoms with Crippen LogP contribution in [0, 0.1) is 0 Å². The Bertz CT molecular complexity index is 1240. The van der Waals surface area contributed by atoms with Crippen molar-refractivity contribution in [3.63, 3.8) is 0 Å². The second-order valence-electron chi connectivity index (χ2n) is 9.01. The minimum absolute atomic E-state index is 0.0472. The molecule has 0 saturated carbocycles. The maximum atomic E-state index is 12.7. The summed E-state index contributed by atoms with van der Waals surface area (Å²) in [5.74, 6) is -0.0472. The van der Waals surface area contributed by atoms with E-state index < -0.39 is 11.3 Å². The number of nitrogens with one attached hydrogen (secondary N) is 1. The lowest BCUT2D eigenvalue weighted by Crippen LogP contribution is -2.40. The van der Waals surface area contributed by atoms with Gasteiger partial charge in [-0.1, -0.05) is 54.6 Å². The molecule has 0 unspecified atom stereocenters. The number of likely N-dealkylation sites (tertiary alicyclic amines) is 1. The average Bonchev–Trinajstić information content (AvgIpc) is 2.93. The molecule has 7 nitrogen and oxygen atoms in total. The van der Waals surface area contributed by atoms with Gasteiger partial charge in [-0.05, 0) is 54.3 Å². The van der Waals surface area contributed by atoms with Crippen molar-refractivity contribution in [1.29, 1.82) is 0 Å². The Hall–Kier alpha value is -3.68. The molecule has 8 heteroatoms. The standard InChI is InChI=1S/C29H30ClN3O4/c1-32(23-11-7-10-22(20-23)28(30)35)27(34)16-19-33-17-14-24(15-18-33)37-29(36)31-26-13-6-5-12-25(26)21-8-3-2-4-9-21/h2-13,20,24H,14-19H2,1H3,(H,31,36). The smallest absolute Gasteiger partial charge is 0.411 e. The van der Waals surface area contributed by atoms with Crippen LogP contribution in [0.1, 0.15) is 29.6 Å². The van der Waals surface area contributed by atoms with Crippen molar-refractivity contribution in [2.24, 2.45) is 0 Å². The van der Waals surface area contributed by atoms with Crippen molar-refractivity contribution in [3.8, 4) is 11.1 Å². The third-order valence-electron chi connectivity index (χ3n) is 6.53. The molecule has 3 aromatic rings. The number of hydrogen-bond acceptors (Lipinski definition) is 5. The Morgan fingerprint density at radius 1 is 0.973 bits per heavy atom. The summed E-state index contributed by atoms with van der Waals surface area (Å²) in [5.41, 5.74) is 3.65. The molecule has 1 N–H and O–H groups in total. The number of amides is 2. The lowest BCUT2D eigenvalue weighted by Gasteiger charge is -2.31. The summed E-state index contributed by atoms with van der Waals surface area (Å²) in [4.78, 5) is 40.4. The molecular formula is C29H30ClN3O4. The Labute approximate surface area is 222 Å². The molecule has 192 valence electrons. The van der Waals surface area contributed by atoms with Crippen molar-refractivity contribution >= 4 is 40.2 Å². The van der Waals surface area contributed by atoms with Gasteiger partial charge in [-0.15, -0.1) is 0 Å². The molecule has 1 aliphatic rings. The van der Waals surface area contributed by atoms with E-state index >= 15 is 0 Å². The fourth-order valence-corrected chi connectivity index (χ4v) is 4.52. The van der Waals surface area contributed by atoms with Gasteiger partial charge in [0.2, 0.25) is 5.91 Å². The predicted molar refractivity (Wildman–Crippen MR) is 146 cm³/mol. The van der Waals surface area contributed by atoms with E-state index in [1.807, 2.05) is 54.6 Å². The van der Waals surface area contributed by atoms with Crippen molar-refractivity contribution in [2.75, 3.05) is 36.9 Å². The summed E-state index contributed by atoms with van der Waals surface area (Å²) in [6.07, 6.45) is 1.12. The molecule has 2 amide bonds. The van der Waals surface area contributed by atoms with Gasteiger partial charge in [0.15, 0.2) is 0 Å². The van der Waals surface area contributed by atoms with Crippen LogP contribution in [-0.4, -0.2) is 54.9 Å². The summed E-state index contributed by atoms with van der Waals surface area (Å²) in [6, 6.07) is 24.2. The van der Waals surface area contributed by atoms with Gasteiger partial charge in [-0.2, -0.15) is 0 Å². The normalized spacial score (nSPS) is 14.1. The zero-order valence-electron chi connectivity index (χ0n) is 20.7. The summed E-state index contributed by atoms with van der Waals surface area (Å²) in [7, 11) is 1.69. The summed E-state index contributed by atoms with van der Waals surface area (Å²) in [5, 5.41) is 2.34. The minimum atomic E-state index is -0.554. The van der Waals surface area contributed by atoms with Gasteiger partial charge < -0.3 is 14.5 Å². The van der Waals surface area contributed by atoms with Crippen LogP contribution in [0.2, 0.25) is 0 Å². The van der Waals surface area contributed by atoms with Gasteiger partial charge in [0, 0.05) is 49.9 Å². The van der Waals surface area contributed by atoms with Crippen LogP contribution in [0.15, 0.2) is 78.9 Å². The number of piperidine rings is 1. The van der Waals surface area contributed by atoms with Crippen LogP contribution < -0.4 is 10.2 Å². The molecule has 1 heterocycles. The number of hydrogen-bond donors (Lipinski definition) is 1. The van der Waals surface area contributed by atoms with Crippen LogP contribution in [0.5, 0.6) is 0 Å². The van der Waals surface area contributed by atoms with E-state index in [-0.39, 0.29) is 12.0 Å². The topological polar surface area (TPSA) is 79.0 Å². The molecule has 1 aliphatic heterocycles. The number of para-hydroxylation sites is 1. The number of carbonyl (C=O) groups is 3. The second-order valence-corrected chi connectivity index (χ2v) is 9.35. The van der Waals surface area contributed by atoms with Crippen molar-refractivity contribution in [2.45, 2.75) is 25.4 Å². The molecule has 3 aromatic carbocycles. The van der Waals surface area contributed by atoms with Crippen LogP contribution in [-0.2, 0) is 9.53 Å². The number of nitrogens with zero attached hydrogens (tertiary/aromatic N) is 2. The van der Waals surface area contributed by atoms with Gasteiger partial charge in [0.05, 0.1) is 5.69 Å². The first-order valence-corrected chi connectivity index (χ1v) is 12.7. The highest BCUT2D eigenvalue weighted by Crippen LogP contribution is 2.28. The molecule has 1 saturated heterocycles. The number of anilines is 2. The van der Waals surface area contributed by atoms with Crippen LogP contribution >= 0.6 is 11.6 Å². The second kappa shape index (κ2) is 12.5. The molecule has 4 rings (SSSR count). The highest BCUT2D eigenvalue weighted by Gasteiger charge is 2.24. The molecular weight excluding hydrogens is 490 g/mol. The number of halogens is 1. The maximum Gasteiger partial charge on any atom is 0.411 e. The monoisotopic (exact) mass is 519 g/mol. The van der Waals surface area contributed by atoms with Crippen molar-refractivity contribution in [3.05, 3.63) is 84.4 Å². The molecule has 0 atom stereocenters. The molecule has 0 aromatic heterocycles. The Morgan fingerprint density at radius 3 is 2.41 bits per heavy atom. The molecule has 0 radical (unpaired) electrons. The fourth-order valence-electron chi connectivity index (χ4n) is 4.41. The maximum absolute atomic E-state index is 12.7. The van der Waals surface area contributed by atoms with Gasteiger partial charge in [0.25, 0.3) is 5.24 Å². The average molecular weight is 520 g/mol. The van der Waals surface area contributed by atoms with Crippen molar-refractivity contribution < 1.29 is 19.1 Å². The number of rotatable bonds is 8. The summed E-state index contributed by atoms with van der Waals surface area (Å²) < 4.78 is 5.70. The van der Waals surface area contributed by atoms with E-state index in [0.29, 0.717) is 42.7 Å². The lowest BCUT2D eigenvalue weighted by molar-refractivity contribution is -0.118. The first-order valence-electron chi connectivity index (χ1n) is 12.3. The van der Waals surface area contributed by atoms with Crippen molar-refractivity contribution in [1.82, 2.24) is 4.90 Å². The van der Waals surface area contributed by atoms with E-state index in [4.69, 9.17) is 16.3 Å². The zero-order chi connectivity index (χ0) is 26.2.